The average molecular weight is 361 g/mol. The number of nitrogens with one attached hydrogen (secondary N) is 1. The highest BCUT2D eigenvalue weighted by Gasteiger charge is 2.36. The lowest BCUT2D eigenvalue weighted by Gasteiger charge is -2.32. The number of carbonyl (C=O) groups is 1. The van der Waals surface area contributed by atoms with Crippen molar-refractivity contribution in [2.45, 2.75) is 13.3 Å². The van der Waals surface area contributed by atoms with E-state index in [0.29, 0.717) is 41.8 Å². The topological polar surface area (TPSA) is 73.6 Å². The first kappa shape index (κ1) is 17.6. The molecule has 0 saturated heterocycles. The van der Waals surface area contributed by atoms with E-state index in [-0.39, 0.29) is 11.8 Å². The van der Waals surface area contributed by atoms with Crippen LogP contribution in [0.5, 0.6) is 5.75 Å². The molecule has 1 aliphatic heterocycles. The molecule has 3 N–H and O–H groups in total. The Morgan fingerprint density at radius 3 is 2.92 bits per heavy atom. The first-order chi connectivity index (χ1) is 12.1. The number of benzene rings is 1. The first-order valence-electron chi connectivity index (χ1n) is 8.16. The van der Waals surface area contributed by atoms with Crippen LogP contribution in [0.4, 0.5) is 0 Å². The number of nitrogens with two attached hydrogens (primary N) is 1. The highest BCUT2D eigenvalue weighted by molar-refractivity contribution is 6.32. The number of hydrogen-bond acceptors (Lipinski definition) is 4. The van der Waals surface area contributed by atoms with Crippen molar-refractivity contribution in [3.63, 3.8) is 0 Å². The number of amides is 1. The monoisotopic (exact) mass is 360 g/mol. The Hall–Kier alpha value is -2.24. The molecular weight excluding hydrogens is 340 g/mol. The number of fused-ring (bicyclic) bond motifs is 1. The van der Waals surface area contributed by atoms with Gasteiger partial charge >= 0.3 is 0 Å². The Balaban J connectivity index is 2.18. The normalized spacial score (nSPS) is 19.7. The second-order valence-electron chi connectivity index (χ2n) is 5.97. The van der Waals surface area contributed by atoms with E-state index < -0.39 is 0 Å². The third-order valence-electron chi connectivity index (χ3n) is 4.35. The van der Waals surface area contributed by atoms with Crippen molar-refractivity contribution in [2.24, 2.45) is 11.7 Å². The number of ether oxygens (including phenoxy) is 2. The van der Waals surface area contributed by atoms with Gasteiger partial charge in [0, 0.05) is 17.7 Å². The Bertz CT molecular complexity index is 796. The molecule has 1 atom stereocenters. The van der Waals surface area contributed by atoms with Gasteiger partial charge in [-0.15, -0.1) is 0 Å². The lowest BCUT2D eigenvalue weighted by atomic mass is 9.82. The molecule has 2 aliphatic rings. The fourth-order valence-corrected chi connectivity index (χ4v) is 3.36. The molecule has 0 bridgehead atoms. The molecule has 0 radical (unpaired) electrons. The summed E-state index contributed by atoms with van der Waals surface area (Å²) in [6, 6.07) is 5.36. The molecule has 25 heavy (non-hydrogen) atoms. The lowest BCUT2D eigenvalue weighted by Crippen LogP contribution is -2.38. The summed E-state index contributed by atoms with van der Waals surface area (Å²) >= 11 is 6.12. The maximum Gasteiger partial charge on any atom is 0.232 e. The van der Waals surface area contributed by atoms with E-state index in [9.17, 15) is 4.79 Å². The molecule has 5 nitrogen and oxygen atoms in total. The van der Waals surface area contributed by atoms with Gasteiger partial charge in [0.15, 0.2) is 0 Å². The van der Waals surface area contributed by atoms with Crippen molar-refractivity contribution in [2.75, 3.05) is 20.3 Å². The van der Waals surface area contributed by atoms with Gasteiger partial charge in [-0.3, -0.25) is 4.79 Å². The minimum atomic E-state index is -0.240. The van der Waals surface area contributed by atoms with Gasteiger partial charge in [0.1, 0.15) is 18.1 Å². The van der Waals surface area contributed by atoms with E-state index in [1.165, 1.54) is 0 Å². The number of methoxy groups -OCH3 is 1. The van der Waals surface area contributed by atoms with Crippen molar-refractivity contribution in [3.05, 3.63) is 57.8 Å². The van der Waals surface area contributed by atoms with E-state index in [1.54, 1.807) is 19.2 Å². The minimum absolute atomic E-state index is 0.0392. The van der Waals surface area contributed by atoms with Gasteiger partial charge < -0.3 is 20.5 Å². The summed E-state index contributed by atoms with van der Waals surface area (Å²) < 4.78 is 11.3. The van der Waals surface area contributed by atoms with Gasteiger partial charge in [0.25, 0.3) is 0 Å². The van der Waals surface area contributed by atoms with Crippen molar-refractivity contribution in [1.29, 1.82) is 0 Å². The van der Waals surface area contributed by atoms with Crippen molar-refractivity contribution < 1.29 is 14.3 Å². The van der Waals surface area contributed by atoms with E-state index >= 15 is 0 Å². The fourth-order valence-electron chi connectivity index (χ4n) is 3.17. The summed E-state index contributed by atoms with van der Waals surface area (Å²) in [4.78, 5) is 12.6. The third-order valence-corrected chi connectivity index (χ3v) is 4.67. The van der Waals surface area contributed by atoms with Gasteiger partial charge in [-0.25, -0.2) is 0 Å². The zero-order valence-electron chi connectivity index (χ0n) is 14.3. The summed E-state index contributed by atoms with van der Waals surface area (Å²) in [5, 5.41) is 3.50. The van der Waals surface area contributed by atoms with Crippen LogP contribution in [0.1, 0.15) is 18.9 Å². The summed E-state index contributed by atoms with van der Waals surface area (Å²) in [7, 11) is 1.55. The van der Waals surface area contributed by atoms with Gasteiger partial charge in [0.2, 0.25) is 5.91 Å². The van der Waals surface area contributed by atoms with Crippen molar-refractivity contribution in [3.8, 4) is 5.75 Å². The Labute approximate surface area is 152 Å². The SMILES string of the molecule is COc1cc(C2=C(OCCN)C3=C(C)C=CCC3C(=O)N2)ccc1Cl. The Morgan fingerprint density at radius 2 is 2.20 bits per heavy atom. The molecule has 1 amide bonds. The molecular formula is C19H21ClN2O3. The molecule has 0 aromatic heterocycles. The van der Waals surface area contributed by atoms with Crippen LogP contribution in [0.2, 0.25) is 5.02 Å². The first-order valence-corrected chi connectivity index (χ1v) is 8.54. The molecule has 0 spiro atoms. The van der Waals surface area contributed by atoms with Gasteiger partial charge in [-0.05, 0) is 31.1 Å². The number of hydrogen-bond donors (Lipinski definition) is 2. The maximum atomic E-state index is 12.6. The number of allylic oxidation sites excluding steroid dienone is 4. The van der Waals surface area contributed by atoms with Crippen molar-refractivity contribution in [1.82, 2.24) is 5.32 Å². The van der Waals surface area contributed by atoms with Crippen molar-refractivity contribution >= 4 is 23.2 Å². The molecule has 1 aromatic carbocycles. The Kier molecular flexibility index (Phi) is 5.16. The molecule has 3 rings (SSSR count). The van der Waals surface area contributed by atoms with E-state index in [2.05, 4.69) is 5.32 Å². The third kappa shape index (κ3) is 3.30. The van der Waals surface area contributed by atoms with Crippen LogP contribution in [-0.4, -0.2) is 26.2 Å². The average Bonchev–Trinajstić information content (AvgIpc) is 2.61. The summed E-state index contributed by atoms with van der Waals surface area (Å²) in [5.74, 6) is 0.926. The maximum absolute atomic E-state index is 12.6. The molecule has 0 saturated carbocycles. The van der Waals surface area contributed by atoms with Gasteiger partial charge in [-0.1, -0.05) is 29.8 Å². The quantitative estimate of drug-likeness (QED) is 0.846. The molecule has 1 unspecified atom stereocenters. The fraction of sp³-hybridized carbons (Fsp3) is 0.316. The largest absolute Gasteiger partial charge is 0.495 e. The van der Waals surface area contributed by atoms with Gasteiger partial charge in [0.05, 0.1) is 23.7 Å². The van der Waals surface area contributed by atoms with Crippen LogP contribution in [0.25, 0.3) is 5.70 Å². The van der Waals surface area contributed by atoms with Crippen LogP contribution < -0.4 is 15.8 Å². The number of rotatable bonds is 5. The zero-order chi connectivity index (χ0) is 18.0. The summed E-state index contributed by atoms with van der Waals surface area (Å²) in [6.07, 6.45) is 4.70. The molecule has 1 heterocycles. The predicted molar refractivity (Wildman–Crippen MR) is 98.0 cm³/mol. The lowest BCUT2D eigenvalue weighted by molar-refractivity contribution is -0.123. The van der Waals surface area contributed by atoms with E-state index in [1.807, 2.05) is 25.1 Å². The molecule has 132 valence electrons. The van der Waals surface area contributed by atoms with E-state index in [0.717, 1.165) is 16.7 Å². The van der Waals surface area contributed by atoms with Crippen LogP contribution in [0.3, 0.4) is 0 Å². The highest BCUT2D eigenvalue weighted by atomic mass is 35.5. The summed E-state index contributed by atoms with van der Waals surface area (Å²) in [5.41, 5.74) is 8.96. The van der Waals surface area contributed by atoms with Crippen LogP contribution in [0, 0.1) is 5.92 Å². The zero-order valence-corrected chi connectivity index (χ0v) is 15.0. The molecule has 0 fully saturated rings. The smallest absolute Gasteiger partial charge is 0.232 e. The second kappa shape index (κ2) is 7.33. The second-order valence-corrected chi connectivity index (χ2v) is 6.37. The highest BCUT2D eigenvalue weighted by Crippen LogP contribution is 2.39. The van der Waals surface area contributed by atoms with Crippen LogP contribution >= 0.6 is 11.6 Å². The van der Waals surface area contributed by atoms with E-state index in [4.69, 9.17) is 26.8 Å². The number of halogens is 1. The predicted octanol–water partition coefficient (Wildman–Crippen LogP) is 3.01. The van der Waals surface area contributed by atoms with Gasteiger partial charge in [-0.2, -0.15) is 0 Å². The minimum Gasteiger partial charge on any atom is -0.495 e. The van der Waals surface area contributed by atoms with Crippen LogP contribution in [0.15, 0.2) is 47.3 Å². The molecule has 1 aromatic rings. The Morgan fingerprint density at radius 1 is 1.40 bits per heavy atom. The number of carbonyl (C=O) groups excluding carboxylic acids is 1. The van der Waals surface area contributed by atoms with Crippen LogP contribution in [-0.2, 0) is 9.53 Å². The summed E-state index contributed by atoms with van der Waals surface area (Å²) in [6.45, 7) is 2.75. The molecule has 1 aliphatic carbocycles. The standard InChI is InChI=1S/C19H21ClN2O3/c1-11-4-3-5-13-16(11)18(25-9-8-21)17(22-19(13)23)12-6-7-14(20)15(10-12)24-2/h3-4,6-7,10,13H,5,8-9,21H2,1-2H3,(H,22,23). The molecule has 6 heteroatoms.